The lowest BCUT2D eigenvalue weighted by Gasteiger charge is -2.37. The van der Waals surface area contributed by atoms with Gasteiger partial charge in [-0.15, -0.1) is 0 Å². The Morgan fingerprint density at radius 3 is 1.82 bits per heavy atom. The molecule has 2 N–H and O–H groups in total. The zero-order chi connectivity index (χ0) is 35.0. The third-order valence-electron chi connectivity index (χ3n) is 9.57. The molecule has 1 aliphatic rings. The SMILES string of the molecule is CC(NC(=O)c1nc2cc3c(C4=CN(C)C(=C=O)C=C4)[nH]n(C(c4ccccc4)(c4ccccc4)c4ccccc4)c3cc2n1)c1ccccc1. The molecule has 2 aromatic heterocycles. The van der Waals surface area contributed by atoms with Gasteiger partial charge in [-0.3, -0.25) is 14.6 Å². The molecular weight excluding hydrogens is 633 g/mol. The number of likely N-dealkylation sites (N-methyl/N-ethyl adjacent to an activating group) is 1. The second kappa shape index (κ2) is 12.9. The van der Waals surface area contributed by atoms with E-state index in [1.807, 2.05) is 92.9 Å². The van der Waals surface area contributed by atoms with E-state index >= 15 is 0 Å². The number of allylic oxidation sites excluding steroid dienone is 3. The fourth-order valence-corrected chi connectivity index (χ4v) is 7.07. The van der Waals surface area contributed by atoms with Gasteiger partial charge in [0.2, 0.25) is 5.82 Å². The molecule has 1 amide bonds. The van der Waals surface area contributed by atoms with Gasteiger partial charge in [0.05, 0.1) is 28.3 Å². The standard InChI is InChI=1S/C43H34N6O2/c1-29(30-15-7-3-8-16-30)44-42(51)41-45-37-25-36-39(26-38(37)46-41)49(47-40(36)31-23-24-35(28-50)48(2)27-31)43(32-17-9-4-10-18-32,33-19-11-5-12-20-33)34-21-13-6-14-22-34/h3-27,29,47H,1-2H3,(H,44,51). The maximum atomic E-state index is 13.5. The van der Waals surface area contributed by atoms with Crippen molar-refractivity contribution < 1.29 is 9.59 Å². The summed E-state index contributed by atoms with van der Waals surface area (Å²) in [7, 11) is 1.83. The summed E-state index contributed by atoms with van der Waals surface area (Å²) in [5, 5.41) is 7.75. The predicted molar refractivity (Wildman–Crippen MR) is 200 cm³/mol. The number of fused-ring (bicyclic) bond motifs is 2. The van der Waals surface area contributed by atoms with E-state index in [2.05, 4.69) is 87.9 Å². The van der Waals surface area contributed by atoms with Crippen molar-refractivity contribution in [3.05, 3.63) is 191 Å². The molecule has 0 fully saturated rings. The fraction of sp³-hybridized carbons (Fsp3) is 0.0930. The Hall–Kier alpha value is -6.76. The highest BCUT2D eigenvalue weighted by Gasteiger charge is 2.40. The van der Waals surface area contributed by atoms with Crippen LogP contribution < -0.4 is 5.32 Å². The van der Waals surface area contributed by atoms with Crippen molar-refractivity contribution in [1.29, 1.82) is 0 Å². The second-order valence-corrected chi connectivity index (χ2v) is 12.7. The third kappa shape index (κ3) is 5.44. The lowest BCUT2D eigenvalue weighted by molar-refractivity contribution is 0.0930. The predicted octanol–water partition coefficient (Wildman–Crippen LogP) is 7.80. The molecule has 0 bridgehead atoms. The Labute approximate surface area is 295 Å². The normalized spacial score (nSPS) is 13.6. The fourth-order valence-electron chi connectivity index (χ4n) is 7.07. The van der Waals surface area contributed by atoms with Gasteiger partial charge in [-0.25, -0.2) is 14.8 Å². The van der Waals surface area contributed by atoms with Crippen LogP contribution in [-0.4, -0.2) is 43.5 Å². The summed E-state index contributed by atoms with van der Waals surface area (Å²) in [6.45, 7) is 1.94. The molecule has 8 heteroatoms. The first-order chi connectivity index (χ1) is 25.0. The molecular formula is C43H34N6O2. The van der Waals surface area contributed by atoms with Crippen molar-refractivity contribution in [3.8, 4) is 0 Å². The average Bonchev–Trinajstić information content (AvgIpc) is 3.77. The van der Waals surface area contributed by atoms with Crippen molar-refractivity contribution in [3.63, 3.8) is 0 Å². The van der Waals surface area contributed by atoms with Crippen molar-refractivity contribution >= 4 is 39.4 Å². The van der Waals surface area contributed by atoms with E-state index in [1.165, 1.54) is 0 Å². The summed E-state index contributed by atoms with van der Waals surface area (Å²) in [5.41, 5.74) is 7.41. The highest BCUT2D eigenvalue weighted by atomic mass is 16.2. The van der Waals surface area contributed by atoms with Crippen LogP contribution in [0.3, 0.4) is 0 Å². The Bertz CT molecular complexity index is 2400. The number of H-pyrrole nitrogens is 1. The Kier molecular flexibility index (Phi) is 7.99. The van der Waals surface area contributed by atoms with Crippen molar-refractivity contribution in [2.75, 3.05) is 7.05 Å². The zero-order valence-electron chi connectivity index (χ0n) is 28.1. The van der Waals surface area contributed by atoms with Crippen molar-refractivity contribution in [2.24, 2.45) is 0 Å². The van der Waals surface area contributed by atoms with E-state index in [9.17, 15) is 9.59 Å². The Morgan fingerprint density at radius 2 is 1.29 bits per heavy atom. The molecule has 0 saturated heterocycles. The summed E-state index contributed by atoms with van der Waals surface area (Å²) in [6.07, 6.45) is 5.58. The minimum absolute atomic E-state index is 0.107. The molecule has 8 nitrogen and oxygen atoms in total. The summed E-state index contributed by atoms with van der Waals surface area (Å²) in [6, 6.07) is 44.8. The van der Waals surface area contributed by atoms with Crippen LogP contribution in [0.25, 0.3) is 27.5 Å². The lowest BCUT2D eigenvalue weighted by Crippen LogP contribution is -2.38. The van der Waals surface area contributed by atoms with Gasteiger partial charge in [-0.05, 0) is 53.5 Å². The van der Waals surface area contributed by atoms with Gasteiger partial charge < -0.3 is 10.2 Å². The number of imidazole rings is 1. The number of aromatic nitrogens is 4. The number of carbonyl (C=O) groups excluding carboxylic acids is 2. The number of benzene rings is 5. The Morgan fingerprint density at radius 1 is 0.765 bits per heavy atom. The van der Waals surface area contributed by atoms with Crippen LogP contribution in [0, 0.1) is 0 Å². The molecule has 8 rings (SSSR count). The number of aromatic amines is 1. The zero-order valence-corrected chi connectivity index (χ0v) is 28.1. The molecule has 1 atom stereocenters. The highest BCUT2D eigenvalue weighted by Crippen LogP contribution is 2.44. The number of rotatable bonds is 8. The largest absolute Gasteiger partial charge is 0.343 e. The maximum absolute atomic E-state index is 13.5. The number of nitrogens with one attached hydrogen (secondary N) is 2. The van der Waals surface area contributed by atoms with Crippen LogP contribution in [0.1, 0.15) is 51.5 Å². The summed E-state index contributed by atoms with van der Waals surface area (Å²) in [5.74, 6) is 1.77. The number of nitrogens with zero attached hydrogens (tertiary/aromatic N) is 4. The lowest BCUT2D eigenvalue weighted by atomic mass is 9.77. The van der Waals surface area contributed by atoms with Gasteiger partial charge in [0.25, 0.3) is 5.91 Å². The molecule has 51 heavy (non-hydrogen) atoms. The minimum atomic E-state index is -0.863. The van der Waals surface area contributed by atoms with Gasteiger partial charge in [0.15, 0.2) is 5.94 Å². The molecule has 5 aromatic carbocycles. The van der Waals surface area contributed by atoms with Crippen LogP contribution in [0.15, 0.2) is 158 Å². The topological polar surface area (TPSA) is 95.9 Å². The molecule has 1 unspecified atom stereocenters. The van der Waals surface area contributed by atoms with Crippen LogP contribution in [-0.2, 0) is 10.3 Å². The first-order valence-electron chi connectivity index (χ1n) is 16.8. The maximum Gasteiger partial charge on any atom is 0.289 e. The van der Waals surface area contributed by atoms with Gasteiger partial charge >= 0.3 is 0 Å². The molecule has 0 aliphatic carbocycles. The van der Waals surface area contributed by atoms with Crippen LogP contribution >= 0.6 is 0 Å². The van der Waals surface area contributed by atoms with Crippen LogP contribution in [0.5, 0.6) is 0 Å². The quantitative estimate of drug-likeness (QED) is 0.128. The number of hydrogen-bond acceptors (Lipinski definition) is 5. The molecule has 0 spiro atoms. The Balaban J connectivity index is 1.39. The van der Waals surface area contributed by atoms with Crippen molar-refractivity contribution in [2.45, 2.75) is 18.5 Å². The van der Waals surface area contributed by atoms with E-state index < -0.39 is 5.54 Å². The smallest absolute Gasteiger partial charge is 0.289 e. The molecule has 3 heterocycles. The minimum Gasteiger partial charge on any atom is -0.343 e. The number of carbonyl (C=O) groups is 1. The summed E-state index contributed by atoms with van der Waals surface area (Å²) < 4.78 is 2.20. The van der Waals surface area contributed by atoms with Crippen LogP contribution in [0.4, 0.5) is 0 Å². The number of amides is 1. The first kappa shape index (κ1) is 31.5. The molecule has 1 aliphatic heterocycles. The highest BCUT2D eigenvalue weighted by molar-refractivity contribution is 6.03. The van der Waals surface area contributed by atoms with Crippen LogP contribution in [0.2, 0.25) is 0 Å². The number of hydrogen-bond donors (Lipinski definition) is 2. The van der Waals surface area contributed by atoms with Gasteiger partial charge in [0.1, 0.15) is 11.2 Å². The van der Waals surface area contributed by atoms with Gasteiger partial charge in [-0.1, -0.05) is 121 Å². The molecule has 7 aromatic rings. The summed E-state index contributed by atoms with van der Waals surface area (Å²) >= 11 is 0. The average molecular weight is 667 g/mol. The third-order valence-corrected chi connectivity index (χ3v) is 9.57. The first-order valence-corrected chi connectivity index (χ1v) is 16.8. The molecule has 0 radical (unpaired) electrons. The van der Waals surface area contributed by atoms with E-state index in [0.29, 0.717) is 16.7 Å². The molecule has 248 valence electrons. The van der Waals surface area contributed by atoms with E-state index in [-0.39, 0.29) is 17.8 Å². The van der Waals surface area contributed by atoms with Crippen molar-refractivity contribution in [1.82, 2.24) is 30.0 Å². The monoisotopic (exact) mass is 666 g/mol. The molecule has 0 saturated carbocycles. The second-order valence-electron chi connectivity index (χ2n) is 12.7. The summed E-state index contributed by atoms with van der Waals surface area (Å²) in [4.78, 5) is 36.4. The van der Waals surface area contributed by atoms with E-state index in [4.69, 9.17) is 9.97 Å². The van der Waals surface area contributed by atoms with Gasteiger partial charge in [0, 0.05) is 24.2 Å². The van der Waals surface area contributed by atoms with E-state index in [0.717, 1.165) is 44.4 Å². The van der Waals surface area contributed by atoms with Gasteiger partial charge in [-0.2, -0.15) is 0 Å². The van der Waals surface area contributed by atoms with E-state index in [1.54, 1.807) is 11.0 Å².